The monoisotopic (exact) mass is 345 g/mol. The van der Waals surface area contributed by atoms with Crippen molar-refractivity contribution in [3.8, 4) is 0 Å². The molecule has 0 aliphatic heterocycles. The molecule has 2 aromatic carbocycles. The maximum atomic E-state index is 12.1. The van der Waals surface area contributed by atoms with Crippen LogP contribution in [0.4, 0.5) is 0 Å². The van der Waals surface area contributed by atoms with Crippen LogP contribution in [0.25, 0.3) is 0 Å². The molecular formula is C18H20BrNO. The van der Waals surface area contributed by atoms with Crippen molar-refractivity contribution in [2.45, 2.75) is 31.6 Å². The van der Waals surface area contributed by atoms with Gasteiger partial charge in [0.15, 0.2) is 0 Å². The number of carbonyl (C=O) groups is 1. The van der Waals surface area contributed by atoms with Crippen LogP contribution in [0.1, 0.15) is 46.8 Å². The van der Waals surface area contributed by atoms with E-state index < -0.39 is 0 Å². The van der Waals surface area contributed by atoms with E-state index in [-0.39, 0.29) is 5.91 Å². The van der Waals surface area contributed by atoms with Crippen molar-refractivity contribution < 1.29 is 4.79 Å². The van der Waals surface area contributed by atoms with Gasteiger partial charge in [-0.1, -0.05) is 66.2 Å². The van der Waals surface area contributed by atoms with Crippen LogP contribution in [0.15, 0.2) is 48.5 Å². The van der Waals surface area contributed by atoms with Crippen LogP contribution >= 0.6 is 15.9 Å². The van der Waals surface area contributed by atoms with Crippen LogP contribution in [-0.4, -0.2) is 5.91 Å². The Bertz CT molecular complexity index is 588. The molecule has 0 saturated heterocycles. The van der Waals surface area contributed by atoms with Crippen molar-refractivity contribution in [3.05, 3.63) is 70.8 Å². The molecular weight excluding hydrogens is 326 g/mol. The smallest absolute Gasteiger partial charge is 0.251 e. The molecule has 0 atom stereocenters. The molecule has 0 heterocycles. The van der Waals surface area contributed by atoms with Crippen LogP contribution in [0.2, 0.25) is 0 Å². The van der Waals surface area contributed by atoms with E-state index in [1.807, 2.05) is 36.4 Å². The van der Waals surface area contributed by atoms with Crippen molar-refractivity contribution in [1.29, 1.82) is 0 Å². The van der Waals surface area contributed by atoms with E-state index in [2.05, 4.69) is 47.2 Å². The molecule has 110 valence electrons. The van der Waals surface area contributed by atoms with Crippen LogP contribution in [-0.2, 0) is 11.9 Å². The Kier molecular flexibility index (Phi) is 5.57. The molecule has 0 aromatic heterocycles. The summed E-state index contributed by atoms with van der Waals surface area (Å²) in [5.41, 5.74) is 4.29. The molecule has 0 aliphatic carbocycles. The summed E-state index contributed by atoms with van der Waals surface area (Å²) in [5, 5.41) is 3.80. The third-order valence-corrected chi connectivity index (χ3v) is 4.12. The van der Waals surface area contributed by atoms with Crippen LogP contribution in [0, 0.1) is 0 Å². The lowest BCUT2D eigenvalue weighted by atomic mass is 10.0. The van der Waals surface area contributed by atoms with Gasteiger partial charge in [-0.15, -0.1) is 0 Å². The summed E-state index contributed by atoms with van der Waals surface area (Å²) in [7, 11) is 0. The number of hydrogen-bond acceptors (Lipinski definition) is 1. The number of rotatable bonds is 5. The molecule has 2 rings (SSSR count). The Morgan fingerprint density at radius 3 is 2.10 bits per heavy atom. The number of carbonyl (C=O) groups excluding carboxylic acids is 1. The molecule has 21 heavy (non-hydrogen) atoms. The second-order valence-electron chi connectivity index (χ2n) is 5.41. The topological polar surface area (TPSA) is 29.1 Å². The molecule has 1 N–H and O–H groups in total. The minimum Gasteiger partial charge on any atom is -0.348 e. The highest BCUT2D eigenvalue weighted by Crippen LogP contribution is 2.14. The number of nitrogens with one attached hydrogen (secondary N) is 1. The van der Waals surface area contributed by atoms with E-state index in [0.29, 0.717) is 18.0 Å². The SMILES string of the molecule is CC(C)c1ccc(C(=O)NCc2ccc(CBr)cc2)cc1. The number of alkyl halides is 1. The first-order valence-corrected chi connectivity index (χ1v) is 8.24. The van der Waals surface area contributed by atoms with Gasteiger partial charge in [0.2, 0.25) is 0 Å². The average molecular weight is 346 g/mol. The number of halogens is 1. The Balaban J connectivity index is 1.94. The zero-order valence-corrected chi connectivity index (χ0v) is 14.0. The summed E-state index contributed by atoms with van der Waals surface area (Å²) in [6, 6.07) is 16.0. The first-order valence-electron chi connectivity index (χ1n) is 7.12. The molecule has 0 aliphatic rings. The van der Waals surface area contributed by atoms with E-state index in [9.17, 15) is 4.79 Å². The van der Waals surface area contributed by atoms with Crippen LogP contribution in [0.5, 0.6) is 0 Å². The molecule has 0 spiro atoms. The lowest BCUT2D eigenvalue weighted by Crippen LogP contribution is -2.22. The fraction of sp³-hybridized carbons (Fsp3) is 0.278. The van der Waals surface area contributed by atoms with Gasteiger partial charge in [0.25, 0.3) is 5.91 Å². The molecule has 3 heteroatoms. The molecule has 2 nitrogen and oxygen atoms in total. The molecule has 1 amide bonds. The Morgan fingerprint density at radius 2 is 1.57 bits per heavy atom. The summed E-state index contributed by atoms with van der Waals surface area (Å²) in [6.07, 6.45) is 0. The summed E-state index contributed by atoms with van der Waals surface area (Å²) in [6.45, 7) is 4.84. The van der Waals surface area contributed by atoms with Gasteiger partial charge in [-0.25, -0.2) is 0 Å². The highest BCUT2D eigenvalue weighted by molar-refractivity contribution is 9.08. The van der Waals surface area contributed by atoms with Gasteiger partial charge in [-0.05, 0) is 34.7 Å². The molecule has 0 unspecified atom stereocenters. The van der Waals surface area contributed by atoms with Gasteiger partial charge in [0.05, 0.1) is 0 Å². The second kappa shape index (κ2) is 7.41. The third-order valence-electron chi connectivity index (χ3n) is 3.47. The normalized spacial score (nSPS) is 10.7. The van der Waals surface area contributed by atoms with Gasteiger partial charge >= 0.3 is 0 Å². The highest BCUT2D eigenvalue weighted by Gasteiger charge is 2.06. The van der Waals surface area contributed by atoms with Gasteiger partial charge in [0, 0.05) is 17.4 Å². The van der Waals surface area contributed by atoms with Gasteiger partial charge in [-0.2, -0.15) is 0 Å². The predicted octanol–water partition coefficient (Wildman–Crippen LogP) is 4.63. The standard InChI is InChI=1S/C18H20BrNO/c1-13(2)16-7-9-17(10-8-16)18(21)20-12-15-5-3-14(11-19)4-6-15/h3-10,13H,11-12H2,1-2H3,(H,20,21). The maximum absolute atomic E-state index is 12.1. The fourth-order valence-electron chi connectivity index (χ4n) is 2.05. The lowest BCUT2D eigenvalue weighted by Gasteiger charge is -2.08. The van der Waals surface area contributed by atoms with Crippen molar-refractivity contribution in [2.24, 2.45) is 0 Å². The first-order chi connectivity index (χ1) is 10.1. The Morgan fingerprint density at radius 1 is 1.00 bits per heavy atom. The zero-order chi connectivity index (χ0) is 15.2. The summed E-state index contributed by atoms with van der Waals surface area (Å²) in [4.78, 5) is 12.1. The molecule has 2 aromatic rings. The van der Waals surface area contributed by atoms with Gasteiger partial charge in [-0.3, -0.25) is 4.79 Å². The molecule has 0 bridgehead atoms. The highest BCUT2D eigenvalue weighted by atomic mass is 79.9. The number of amides is 1. The molecule has 0 radical (unpaired) electrons. The Labute approximate surface area is 134 Å². The second-order valence-corrected chi connectivity index (χ2v) is 5.97. The fourth-order valence-corrected chi connectivity index (χ4v) is 2.42. The number of hydrogen-bond donors (Lipinski definition) is 1. The Hall–Kier alpha value is -1.61. The quantitative estimate of drug-likeness (QED) is 0.786. The van der Waals surface area contributed by atoms with Crippen LogP contribution in [0.3, 0.4) is 0 Å². The van der Waals surface area contributed by atoms with E-state index in [1.165, 1.54) is 11.1 Å². The molecule has 0 fully saturated rings. The lowest BCUT2D eigenvalue weighted by molar-refractivity contribution is 0.0951. The third kappa shape index (κ3) is 4.43. The van der Waals surface area contributed by atoms with Gasteiger partial charge < -0.3 is 5.32 Å². The largest absolute Gasteiger partial charge is 0.348 e. The first kappa shape index (κ1) is 15.8. The van der Waals surface area contributed by atoms with Crippen molar-refractivity contribution in [3.63, 3.8) is 0 Å². The van der Waals surface area contributed by atoms with E-state index in [4.69, 9.17) is 0 Å². The van der Waals surface area contributed by atoms with Crippen molar-refractivity contribution in [2.75, 3.05) is 0 Å². The summed E-state index contributed by atoms with van der Waals surface area (Å²) >= 11 is 3.42. The summed E-state index contributed by atoms with van der Waals surface area (Å²) in [5.74, 6) is 0.449. The zero-order valence-electron chi connectivity index (χ0n) is 12.4. The minimum absolute atomic E-state index is 0.0325. The summed E-state index contributed by atoms with van der Waals surface area (Å²) < 4.78 is 0. The van der Waals surface area contributed by atoms with Crippen molar-refractivity contribution >= 4 is 21.8 Å². The predicted molar refractivity (Wildman–Crippen MR) is 90.8 cm³/mol. The van der Waals surface area contributed by atoms with E-state index in [0.717, 1.165) is 10.9 Å². The maximum Gasteiger partial charge on any atom is 0.251 e. The number of benzene rings is 2. The van der Waals surface area contributed by atoms with E-state index in [1.54, 1.807) is 0 Å². The minimum atomic E-state index is -0.0325. The van der Waals surface area contributed by atoms with Crippen molar-refractivity contribution in [1.82, 2.24) is 5.32 Å². The van der Waals surface area contributed by atoms with Crippen LogP contribution < -0.4 is 5.32 Å². The van der Waals surface area contributed by atoms with Gasteiger partial charge in [0.1, 0.15) is 0 Å². The average Bonchev–Trinajstić information content (AvgIpc) is 2.53. The van der Waals surface area contributed by atoms with E-state index >= 15 is 0 Å². The molecule has 0 saturated carbocycles.